The largest absolute Gasteiger partial charge is 0.497 e. The molecule has 20 heavy (non-hydrogen) atoms. The molecule has 5 nitrogen and oxygen atoms in total. The number of aromatic nitrogens is 2. The van der Waals surface area contributed by atoms with Crippen LogP contribution < -0.4 is 15.6 Å². The average Bonchev–Trinajstić information content (AvgIpc) is 3.16. The van der Waals surface area contributed by atoms with E-state index in [4.69, 9.17) is 4.74 Å². The Morgan fingerprint density at radius 2 is 2.10 bits per heavy atom. The molecule has 106 valence electrons. The van der Waals surface area contributed by atoms with Gasteiger partial charge in [0.15, 0.2) is 0 Å². The van der Waals surface area contributed by atoms with Gasteiger partial charge >= 0.3 is 0 Å². The molecule has 1 saturated carbocycles. The third kappa shape index (κ3) is 2.77. The second-order valence-corrected chi connectivity index (χ2v) is 5.11. The minimum atomic E-state index is 0.423. The summed E-state index contributed by atoms with van der Waals surface area (Å²) in [5.41, 5.74) is 7.77. The molecule has 0 aliphatic heterocycles. The normalized spacial score (nSPS) is 21.9. The molecule has 5 heteroatoms. The summed E-state index contributed by atoms with van der Waals surface area (Å²) >= 11 is 0. The van der Waals surface area contributed by atoms with Crippen LogP contribution in [0.5, 0.6) is 5.75 Å². The number of nitrogens with zero attached hydrogens (tertiary/aromatic N) is 2. The summed E-state index contributed by atoms with van der Waals surface area (Å²) in [6, 6.07) is 8.81. The lowest BCUT2D eigenvalue weighted by Gasteiger charge is -2.23. The van der Waals surface area contributed by atoms with Crippen LogP contribution in [-0.2, 0) is 0 Å². The van der Waals surface area contributed by atoms with E-state index in [2.05, 4.69) is 20.4 Å². The minimum Gasteiger partial charge on any atom is -0.497 e. The number of nitrogens with one attached hydrogen (secondary N) is 2. The summed E-state index contributed by atoms with van der Waals surface area (Å²) in [7, 11) is 1.68. The lowest BCUT2D eigenvalue weighted by molar-refractivity contribution is 0.411. The Bertz CT molecular complexity index is 523. The zero-order valence-electron chi connectivity index (χ0n) is 11.6. The number of methoxy groups -OCH3 is 1. The van der Waals surface area contributed by atoms with Crippen molar-refractivity contribution < 1.29 is 4.74 Å². The van der Waals surface area contributed by atoms with Gasteiger partial charge in [-0.2, -0.15) is 0 Å². The summed E-state index contributed by atoms with van der Waals surface area (Å²) in [4.78, 5) is 4.14. The van der Waals surface area contributed by atoms with E-state index in [0.29, 0.717) is 12.1 Å². The van der Waals surface area contributed by atoms with Crippen molar-refractivity contribution in [3.63, 3.8) is 0 Å². The highest BCUT2D eigenvalue weighted by Gasteiger charge is 2.28. The summed E-state index contributed by atoms with van der Waals surface area (Å²) < 4.78 is 7.35. The lowest BCUT2D eigenvalue weighted by atomic mass is 10.2. The number of anilines is 1. The van der Waals surface area contributed by atoms with E-state index in [0.717, 1.165) is 11.4 Å². The van der Waals surface area contributed by atoms with Crippen molar-refractivity contribution >= 4 is 5.69 Å². The lowest BCUT2D eigenvalue weighted by Crippen LogP contribution is -2.37. The molecule has 1 aliphatic rings. The summed E-state index contributed by atoms with van der Waals surface area (Å²) in [6.45, 7) is 0. The molecule has 1 aliphatic carbocycles. The predicted molar refractivity (Wildman–Crippen MR) is 78.7 cm³/mol. The van der Waals surface area contributed by atoms with Crippen LogP contribution in [0.25, 0.3) is 0 Å². The highest BCUT2D eigenvalue weighted by atomic mass is 16.5. The van der Waals surface area contributed by atoms with Gasteiger partial charge in [0.2, 0.25) is 0 Å². The highest BCUT2D eigenvalue weighted by molar-refractivity contribution is 5.45. The second kappa shape index (κ2) is 5.96. The van der Waals surface area contributed by atoms with Crippen molar-refractivity contribution in [3.05, 3.63) is 43.0 Å². The average molecular weight is 272 g/mol. The van der Waals surface area contributed by atoms with Gasteiger partial charge in [0.05, 0.1) is 19.5 Å². The Balaban J connectivity index is 1.59. The van der Waals surface area contributed by atoms with Crippen LogP contribution in [0, 0.1) is 0 Å². The van der Waals surface area contributed by atoms with E-state index in [1.807, 2.05) is 43.0 Å². The van der Waals surface area contributed by atoms with Gasteiger partial charge in [0.1, 0.15) is 5.75 Å². The smallest absolute Gasteiger partial charge is 0.119 e. The first-order chi connectivity index (χ1) is 9.86. The molecule has 2 unspecified atom stereocenters. The van der Waals surface area contributed by atoms with Crippen molar-refractivity contribution in [2.24, 2.45) is 0 Å². The number of hydrogen-bond acceptors (Lipinski definition) is 4. The van der Waals surface area contributed by atoms with Gasteiger partial charge in [-0.15, -0.1) is 0 Å². The van der Waals surface area contributed by atoms with Gasteiger partial charge in [-0.3, -0.25) is 0 Å². The van der Waals surface area contributed by atoms with Crippen molar-refractivity contribution in [1.82, 2.24) is 15.0 Å². The molecule has 0 saturated heterocycles. The SMILES string of the molecule is COc1ccc(NNC2CCCC2n2ccnc2)cc1. The minimum absolute atomic E-state index is 0.423. The molecule has 1 heterocycles. The topological polar surface area (TPSA) is 51.1 Å². The molecule has 1 aromatic carbocycles. The zero-order chi connectivity index (χ0) is 13.8. The van der Waals surface area contributed by atoms with Crippen molar-refractivity contribution in [2.45, 2.75) is 31.3 Å². The maximum atomic E-state index is 5.15. The van der Waals surface area contributed by atoms with Gasteiger partial charge in [0, 0.05) is 24.1 Å². The Labute approximate surface area is 118 Å². The van der Waals surface area contributed by atoms with Crippen LogP contribution >= 0.6 is 0 Å². The van der Waals surface area contributed by atoms with E-state index < -0.39 is 0 Å². The summed E-state index contributed by atoms with van der Waals surface area (Å²) in [5.74, 6) is 0.868. The molecule has 3 rings (SSSR count). The number of ether oxygens (including phenoxy) is 1. The molecule has 2 atom stereocenters. The van der Waals surface area contributed by atoms with Crippen LogP contribution in [0.1, 0.15) is 25.3 Å². The fourth-order valence-electron chi connectivity index (χ4n) is 2.78. The molecule has 0 amide bonds. The molecular formula is C15H20N4O. The quantitative estimate of drug-likeness (QED) is 0.821. The van der Waals surface area contributed by atoms with Crippen LogP contribution in [0.15, 0.2) is 43.0 Å². The van der Waals surface area contributed by atoms with Crippen molar-refractivity contribution in [3.8, 4) is 5.75 Å². The number of hydrogen-bond donors (Lipinski definition) is 2. The van der Waals surface area contributed by atoms with E-state index >= 15 is 0 Å². The maximum Gasteiger partial charge on any atom is 0.119 e. The monoisotopic (exact) mass is 272 g/mol. The van der Waals surface area contributed by atoms with Gasteiger partial charge in [-0.25, -0.2) is 10.4 Å². The number of benzene rings is 1. The number of imidazole rings is 1. The van der Waals surface area contributed by atoms with Gasteiger partial charge in [-0.05, 0) is 43.5 Å². The second-order valence-electron chi connectivity index (χ2n) is 5.11. The van der Waals surface area contributed by atoms with E-state index in [1.165, 1.54) is 19.3 Å². The van der Waals surface area contributed by atoms with Crippen molar-refractivity contribution in [1.29, 1.82) is 0 Å². The molecule has 1 fully saturated rings. The van der Waals surface area contributed by atoms with E-state index in [9.17, 15) is 0 Å². The molecule has 2 N–H and O–H groups in total. The highest BCUT2D eigenvalue weighted by Crippen LogP contribution is 2.29. The standard InChI is InChI=1S/C15H20N4O/c1-20-13-7-5-12(6-8-13)17-18-14-3-2-4-15(14)19-10-9-16-11-19/h5-11,14-15,17-18H,2-4H2,1H3. The Kier molecular flexibility index (Phi) is 3.87. The molecule has 2 aromatic rings. The van der Waals surface area contributed by atoms with Gasteiger partial charge in [-0.1, -0.05) is 0 Å². The fraction of sp³-hybridized carbons (Fsp3) is 0.400. The van der Waals surface area contributed by atoms with Gasteiger partial charge in [0.25, 0.3) is 0 Å². The van der Waals surface area contributed by atoms with Gasteiger partial charge < -0.3 is 14.7 Å². The van der Waals surface area contributed by atoms with E-state index in [1.54, 1.807) is 7.11 Å². The molecular weight excluding hydrogens is 252 g/mol. The Morgan fingerprint density at radius 1 is 1.25 bits per heavy atom. The first kappa shape index (κ1) is 13.0. The van der Waals surface area contributed by atoms with Crippen LogP contribution in [0.3, 0.4) is 0 Å². The first-order valence-electron chi connectivity index (χ1n) is 7.00. The Morgan fingerprint density at radius 3 is 2.80 bits per heavy atom. The molecule has 1 aromatic heterocycles. The first-order valence-corrected chi connectivity index (χ1v) is 7.00. The molecule has 0 radical (unpaired) electrons. The number of hydrazine groups is 1. The maximum absolute atomic E-state index is 5.15. The summed E-state index contributed by atoms with van der Waals surface area (Å²) in [5, 5.41) is 0. The van der Waals surface area contributed by atoms with Crippen LogP contribution in [-0.4, -0.2) is 22.7 Å². The van der Waals surface area contributed by atoms with Crippen molar-refractivity contribution in [2.75, 3.05) is 12.5 Å². The Hall–Kier alpha value is -2.01. The van der Waals surface area contributed by atoms with Crippen LogP contribution in [0.2, 0.25) is 0 Å². The third-order valence-electron chi connectivity index (χ3n) is 3.88. The fourth-order valence-corrected chi connectivity index (χ4v) is 2.78. The molecule has 0 spiro atoms. The summed E-state index contributed by atoms with van der Waals surface area (Å²) in [6.07, 6.45) is 9.39. The van der Waals surface area contributed by atoms with E-state index in [-0.39, 0.29) is 0 Å². The molecule has 0 bridgehead atoms. The predicted octanol–water partition coefficient (Wildman–Crippen LogP) is 2.60. The van der Waals surface area contributed by atoms with Crippen LogP contribution in [0.4, 0.5) is 5.69 Å². The third-order valence-corrected chi connectivity index (χ3v) is 3.88. The zero-order valence-corrected chi connectivity index (χ0v) is 11.6. The number of rotatable bonds is 5.